The SMILES string of the molecule is NCCCCCCc1c2cc(F)ccc2n2oc(=O)c(=O)oc12. The Hall–Kier alpha value is -2.41. The molecule has 7 heteroatoms. The van der Waals surface area contributed by atoms with Crippen molar-refractivity contribution < 1.29 is 13.3 Å². The second kappa shape index (κ2) is 6.37. The number of halogens is 1. The molecule has 2 heterocycles. The smallest absolute Gasteiger partial charge is 0.397 e. The number of unbranched alkanes of at least 4 members (excludes halogenated alkanes) is 3. The summed E-state index contributed by atoms with van der Waals surface area (Å²) in [5.41, 5.74) is 4.65. The third-order valence-corrected chi connectivity index (χ3v) is 3.86. The summed E-state index contributed by atoms with van der Waals surface area (Å²) in [5.74, 6) is -0.400. The van der Waals surface area contributed by atoms with Gasteiger partial charge in [-0.15, -0.1) is 4.57 Å². The molecule has 1 aromatic carbocycles. The second-order valence-electron chi connectivity index (χ2n) is 5.46. The van der Waals surface area contributed by atoms with E-state index in [1.165, 1.54) is 18.2 Å². The summed E-state index contributed by atoms with van der Waals surface area (Å²) in [6.07, 6.45) is 4.36. The van der Waals surface area contributed by atoms with Gasteiger partial charge in [-0.25, -0.2) is 14.0 Å². The molecule has 0 amide bonds. The highest BCUT2D eigenvalue weighted by Crippen LogP contribution is 2.28. The van der Waals surface area contributed by atoms with Gasteiger partial charge < -0.3 is 14.7 Å². The molecule has 0 atom stereocenters. The zero-order valence-corrected chi connectivity index (χ0v) is 12.5. The fraction of sp³-hybridized carbons (Fsp3) is 0.375. The van der Waals surface area contributed by atoms with Gasteiger partial charge in [-0.1, -0.05) is 12.8 Å². The summed E-state index contributed by atoms with van der Waals surface area (Å²) in [6.45, 7) is 0.656. The van der Waals surface area contributed by atoms with E-state index >= 15 is 0 Å². The first-order valence-corrected chi connectivity index (χ1v) is 7.59. The van der Waals surface area contributed by atoms with Crippen LogP contribution in [-0.2, 0) is 6.42 Å². The average Bonchev–Trinajstić information content (AvgIpc) is 2.80. The van der Waals surface area contributed by atoms with E-state index in [4.69, 9.17) is 14.7 Å². The van der Waals surface area contributed by atoms with Gasteiger partial charge in [0.05, 0.1) is 5.52 Å². The lowest BCUT2D eigenvalue weighted by Gasteiger charge is -2.00. The van der Waals surface area contributed by atoms with Crippen molar-refractivity contribution in [1.29, 1.82) is 0 Å². The summed E-state index contributed by atoms with van der Waals surface area (Å²) in [7, 11) is 0. The minimum atomic E-state index is -1.09. The topological polar surface area (TPSA) is 90.9 Å². The molecule has 2 N–H and O–H groups in total. The quantitative estimate of drug-likeness (QED) is 0.555. The lowest BCUT2D eigenvalue weighted by Crippen LogP contribution is -2.23. The van der Waals surface area contributed by atoms with E-state index in [0.29, 0.717) is 29.4 Å². The lowest BCUT2D eigenvalue weighted by molar-refractivity contribution is 0.286. The Bertz CT molecular complexity index is 954. The molecule has 3 rings (SSSR count). The van der Waals surface area contributed by atoms with Crippen LogP contribution in [0.25, 0.3) is 16.6 Å². The van der Waals surface area contributed by atoms with E-state index in [0.717, 1.165) is 30.3 Å². The van der Waals surface area contributed by atoms with Crippen molar-refractivity contribution in [2.24, 2.45) is 5.73 Å². The van der Waals surface area contributed by atoms with Gasteiger partial charge in [0.25, 0.3) is 0 Å². The first kappa shape index (κ1) is 15.5. The molecule has 0 fully saturated rings. The third kappa shape index (κ3) is 2.92. The summed E-state index contributed by atoms with van der Waals surface area (Å²) < 4.78 is 24.8. The van der Waals surface area contributed by atoms with Gasteiger partial charge in [0.2, 0.25) is 5.71 Å². The van der Waals surface area contributed by atoms with Gasteiger partial charge >= 0.3 is 11.3 Å². The van der Waals surface area contributed by atoms with Gasteiger partial charge in [-0.05, 0) is 44.0 Å². The van der Waals surface area contributed by atoms with Crippen LogP contribution in [0.3, 0.4) is 0 Å². The van der Waals surface area contributed by atoms with Crippen molar-refractivity contribution in [1.82, 2.24) is 4.57 Å². The molecule has 0 radical (unpaired) electrons. The minimum absolute atomic E-state index is 0.161. The highest BCUT2D eigenvalue weighted by Gasteiger charge is 2.18. The monoisotopic (exact) mass is 320 g/mol. The molecular weight excluding hydrogens is 303 g/mol. The van der Waals surface area contributed by atoms with E-state index in [1.54, 1.807) is 0 Å². The van der Waals surface area contributed by atoms with Crippen molar-refractivity contribution in [3.8, 4) is 0 Å². The Morgan fingerprint density at radius 3 is 2.65 bits per heavy atom. The Morgan fingerprint density at radius 1 is 1.09 bits per heavy atom. The highest BCUT2D eigenvalue weighted by atomic mass is 19.1. The molecule has 122 valence electrons. The number of rotatable bonds is 6. The largest absolute Gasteiger partial charge is 0.442 e. The molecule has 0 saturated heterocycles. The molecule has 0 unspecified atom stereocenters. The molecule has 0 aliphatic carbocycles. The van der Waals surface area contributed by atoms with E-state index < -0.39 is 17.1 Å². The average molecular weight is 320 g/mol. The van der Waals surface area contributed by atoms with E-state index in [2.05, 4.69) is 0 Å². The van der Waals surface area contributed by atoms with Gasteiger partial charge in [0, 0.05) is 10.9 Å². The number of fused-ring (bicyclic) bond motifs is 3. The van der Waals surface area contributed by atoms with Crippen molar-refractivity contribution >= 4 is 16.6 Å². The number of hydrogen-bond acceptors (Lipinski definition) is 5. The molecular formula is C16H17FN2O4. The van der Waals surface area contributed by atoms with Crippen LogP contribution in [-0.4, -0.2) is 11.1 Å². The zero-order chi connectivity index (χ0) is 16.4. The maximum atomic E-state index is 13.6. The Labute approximate surface area is 130 Å². The Morgan fingerprint density at radius 2 is 1.87 bits per heavy atom. The normalized spacial score (nSPS) is 11.6. The standard InChI is InChI=1S/C16H17FN2O4/c17-10-6-7-13-12(9-10)11(5-3-1-2-4-8-18)14-19(13)23-16(21)15(20)22-14/h6-7,9H,1-5,8,18H2. The van der Waals surface area contributed by atoms with Crippen molar-refractivity contribution in [3.05, 3.63) is 50.4 Å². The number of hydrogen-bond donors (Lipinski definition) is 1. The molecule has 0 aliphatic heterocycles. The first-order chi connectivity index (χ1) is 11.1. The molecule has 0 bridgehead atoms. The van der Waals surface area contributed by atoms with Crippen molar-refractivity contribution in [2.75, 3.05) is 6.54 Å². The summed E-state index contributed by atoms with van der Waals surface area (Å²) in [6, 6.07) is 4.13. The number of benzene rings is 1. The molecule has 3 aromatic rings. The molecule has 6 nitrogen and oxygen atoms in total. The van der Waals surface area contributed by atoms with Crippen LogP contribution in [0.15, 0.2) is 36.7 Å². The minimum Gasteiger partial charge on any atom is -0.397 e. The van der Waals surface area contributed by atoms with E-state index in [1.807, 2.05) is 0 Å². The van der Waals surface area contributed by atoms with Crippen LogP contribution >= 0.6 is 0 Å². The summed E-state index contributed by atoms with van der Waals surface area (Å²) in [5, 5.41) is 0.585. The maximum Gasteiger partial charge on any atom is 0.442 e. The summed E-state index contributed by atoms with van der Waals surface area (Å²) >= 11 is 0. The summed E-state index contributed by atoms with van der Waals surface area (Å²) in [4.78, 5) is 22.9. The van der Waals surface area contributed by atoms with Crippen LogP contribution < -0.4 is 17.0 Å². The first-order valence-electron chi connectivity index (χ1n) is 7.59. The predicted octanol–water partition coefficient (Wildman–Crippen LogP) is 2.20. The molecule has 2 aromatic heterocycles. The zero-order valence-electron chi connectivity index (χ0n) is 12.5. The van der Waals surface area contributed by atoms with Gasteiger partial charge in [0.1, 0.15) is 5.82 Å². The van der Waals surface area contributed by atoms with E-state index in [9.17, 15) is 14.0 Å². The maximum absolute atomic E-state index is 13.6. The molecule has 23 heavy (non-hydrogen) atoms. The molecule has 0 saturated carbocycles. The van der Waals surface area contributed by atoms with Crippen molar-refractivity contribution in [3.63, 3.8) is 0 Å². The fourth-order valence-corrected chi connectivity index (χ4v) is 2.76. The van der Waals surface area contributed by atoms with Gasteiger partial charge in [-0.2, -0.15) is 0 Å². The number of nitrogens with two attached hydrogens (primary N) is 1. The number of nitrogens with zero attached hydrogens (tertiary/aromatic N) is 1. The highest BCUT2D eigenvalue weighted by molar-refractivity contribution is 5.89. The molecule has 0 spiro atoms. The Balaban J connectivity index is 2.08. The Kier molecular flexibility index (Phi) is 4.29. The van der Waals surface area contributed by atoms with Gasteiger partial charge in [-0.3, -0.25) is 0 Å². The third-order valence-electron chi connectivity index (χ3n) is 3.86. The van der Waals surface area contributed by atoms with Crippen LogP contribution in [0.4, 0.5) is 4.39 Å². The lowest BCUT2D eigenvalue weighted by atomic mass is 10.0. The van der Waals surface area contributed by atoms with Crippen LogP contribution in [0.5, 0.6) is 0 Å². The van der Waals surface area contributed by atoms with Crippen LogP contribution in [0, 0.1) is 5.82 Å². The molecule has 0 aliphatic rings. The van der Waals surface area contributed by atoms with Gasteiger partial charge in [0.15, 0.2) is 0 Å². The van der Waals surface area contributed by atoms with Crippen LogP contribution in [0.2, 0.25) is 0 Å². The second-order valence-corrected chi connectivity index (χ2v) is 5.46. The van der Waals surface area contributed by atoms with Crippen LogP contribution in [0.1, 0.15) is 31.2 Å². The van der Waals surface area contributed by atoms with Crippen molar-refractivity contribution in [2.45, 2.75) is 32.1 Å². The number of aromatic nitrogens is 1. The number of aryl methyl sites for hydroxylation is 1. The fourth-order valence-electron chi connectivity index (χ4n) is 2.76. The van der Waals surface area contributed by atoms with E-state index in [-0.39, 0.29) is 5.71 Å². The predicted molar refractivity (Wildman–Crippen MR) is 83.2 cm³/mol.